The molecule has 0 bridgehead atoms. The number of rotatable bonds is 2. The lowest BCUT2D eigenvalue weighted by Gasteiger charge is -2.09. The fourth-order valence-corrected chi connectivity index (χ4v) is 2.37. The lowest BCUT2D eigenvalue weighted by molar-refractivity contribution is 0.102. The van der Waals surface area contributed by atoms with Crippen LogP contribution in [0.4, 0.5) is 20.2 Å². The van der Waals surface area contributed by atoms with E-state index >= 15 is 0 Å². The molecule has 0 radical (unpaired) electrons. The second kappa shape index (κ2) is 5.58. The number of carbonyl (C=O) groups is 1. The van der Waals surface area contributed by atoms with Crippen LogP contribution in [0, 0.1) is 18.6 Å². The van der Waals surface area contributed by atoms with E-state index in [0.29, 0.717) is 5.69 Å². The highest BCUT2D eigenvalue weighted by Crippen LogP contribution is 2.22. The number of nitrogen functional groups attached to an aromatic ring is 1. The zero-order chi connectivity index (χ0) is 14.9. The van der Waals surface area contributed by atoms with Crippen LogP contribution in [0.2, 0.25) is 0 Å². The molecule has 0 fully saturated rings. The number of benzene rings is 2. The second-order valence-electron chi connectivity index (χ2n) is 4.32. The van der Waals surface area contributed by atoms with E-state index in [0.717, 1.165) is 22.2 Å². The first-order valence-corrected chi connectivity index (χ1v) is 6.49. The van der Waals surface area contributed by atoms with Crippen molar-refractivity contribution < 1.29 is 13.6 Å². The molecular weight excluding hydrogens is 330 g/mol. The van der Waals surface area contributed by atoms with Gasteiger partial charge in [-0.3, -0.25) is 4.79 Å². The number of aryl methyl sites for hydroxylation is 1. The highest BCUT2D eigenvalue weighted by molar-refractivity contribution is 9.10. The summed E-state index contributed by atoms with van der Waals surface area (Å²) in [4.78, 5) is 12.0. The summed E-state index contributed by atoms with van der Waals surface area (Å²) < 4.78 is 26.9. The Morgan fingerprint density at radius 3 is 2.45 bits per heavy atom. The minimum Gasteiger partial charge on any atom is -0.398 e. The topological polar surface area (TPSA) is 55.1 Å². The van der Waals surface area contributed by atoms with Crippen LogP contribution < -0.4 is 11.1 Å². The van der Waals surface area contributed by atoms with E-state index in [2.05, 4.69) is 21.2 Å². The average Bonchev–Trinajstić information content (AvgIpc) is 2.32. The molecule has 0 saturated heterocycles. The first kappa shape index (κ1) is 14.5. The van der Waals surface area contributed by atoms with Crippen LogP contribution in [0.5, 0.6) is 0 Å². The molecule has 0 unspecified atom stereocenters. The molecule has 6 heteroatoms. The van der Waals surface area contributed by atoms with Crippen molar-refractivity contribution in [2.75, 3.05) is 11.1 Å². The highest BCUT2D eigenvalue weighted by Gasteiger charge is 2.14. The van der Waals surface area contributed by atoms with Crippen molar-refractivity contribution in [3.63, 3.8) is 0 Å². The molecule has 3 nitrogen and oxygen atoms in total. The van der Waals surface area contributed by atoms with E-state index in [1.165, 1.54) is 0 Å². The van der Waals surface area contributed by atoms with Crippen LogP contribution in [0.3, 0.4) is 0 Å². The van der Waals surface area contributed by atoms with Crippen molar-refractivity contribution in [2.45, 2.75) is 6.92 Å². The summed E-state index contributed by atoms with van der Waals surface area (Å²) in [5, 5.41) is 2.59. The first-order chi connectivity index (χ1) is 9.36. The third-order valence-corrected chi connectivity index (χ3v) is 3.09. The van der Waals surface area contributed by atoms with Crippen molar-refractivity contribution in [3.05, 3.63) is 57.6 Å². The van der Waals surface area contributed by atoms with Gasteiger partial charge in [0.25, 0.3) is 5.91 Å². The Balaban J connectivity index is 2.30. The quantitative estimate of drug-likeness (QED) is 0.815. The van der Waals surface area contributed by atoms with Gasteiger partial charge in [0.1, 0.15) is 0 Å². The van der Waals surface area contributed by atoms with Crippen LogP contribution in [0.25, 0.3) is 0 Å². The zero-order valence-electron chi connectivity index (χ0n) is 10.5. The number of nitrogens with one attached hydrogen (secondary N) is 1. The molecule has 0 aliphatic carbocycles. The lowest BCUT2D eigenvalue weighted by Crippen LogP contribution is -2.15. The van der Waals surface area contributed by atoms with Gasteiger partial charge in [0, 0.05) is 21.9 Å². The number of hydrogen-bond donors (Lipinski definition) is 2. The summed E-state index contributed by atoms with van der Waals surface area (Å²) in [6.07, 6.45) is 0. The Kier molecular flexibility index (Phi) is 4.04. The standard InChI is InChI=1S/C14H11BrF2N2O/c1-7-2-8(15)4-9(3-7)19-14(20)10-5-11(16)12(17)6-13(10)18/h2-6H,18H2,1H3,(H,19,20). The minimum atomic E-state index is -1.12. The van der Waals surface area contributed by atoms with Crippen LogP contribution >= 0.6 is 15.9 Å². The van der Waals surface area contributed by atoms with Crippen LogP contribution in [-0.2, 0) is 0 Å². The van der Waals surface area contributed by atoms with Gasteiger partial charge in [0.2, 0.25) is 0 Å². The molecule has 0 aromatic heterocycles. The Hall–Kier alpha value is -1.95. The number of halogens is 3. The Morgan fingerprint density at radius 2 is 1.80 bits per heavy atom. The predicted octanol–water partition coefficient (Wildman–Crippen LogP) is 3.87. The van der Waals surface area contributed by atoms with Gasteiger partial charge >= 0.3 is 0 Å². The maximum absolute atomic E-state index is 13.2. The van der Waals surface area contributed by atoms with Gasteiger partial charge in [-0.1, -0.05) is 15.9 Å². The molecule has 0 saturated carbocycles. The molecule has 2 aromatic rings. The molecule has 0 spiro atoms. The smallest absolute Gasteiger partial charge is 0.257 e. The van der Waals surface area contributed by atoms with Crippen molar-refractivity contribution in [3.8, 4) is 0 Å². The van der Waals surface area contributed by atoms with Crippen LogP contribution in [-0.4, -0.2) is 5.91 Å². The number of carbonyl (C=O) groups excluding carboxylic acids is 1. The molecule has 104 valence electrons. The van der Waals surface area contributed by atoms with Gasteiger partial charge < -0.3 is 11.1 Å². The highest BCUT2D eigenvalue weighted by atomic mass is 79.9. The molecule has 0 heterocycles. The Labute approximate surface area is 122 Å². The molecule has 0 atom stereocenters. The fourth-order valence-electron chi connectivity index (χ4n) is 1.77. The summed E-state index contributed by atoms with van der Waals surface area (Å²) in [5.74, 6) is -2.80. The number of anilines is 2. The lowest BCUT2D eigenvalue weighted by atomic mass is 10.1. The van der Waals surface area contributed by atoms with E-state index in [1.807, 2.05) is 13.0 Å². The third kappa shape index (κ3) is 3.14. The van der Waals surface area contributed by atoms with Gasteiger partial charge in [0.15, 0.2) is 11.6 Å². The van der Waals surface area contributed by atoms with Crippen molar-refractivity contribution in [2.24, 2.45) is 0 Å². The maximum Gasteiger partial charge on any atom is 0.257 e. The van der Waals surface area contributed by atoms with E-state index < -0.39 is 17.5 Å². The van der Waals surface area contributed by atoms with Crippen molar-refractivity contribution >= 4 is 33.2 Å². The second-order valence-corrected chi connectivity index (χ2v) is 5.24. The SMILES string of the molecule is Cc1cc(Br)cc(NC(=O)c2cc(F)c(F)cc2N)c1. The summed E-state index contributed by atoms with van der Waals surface area (Å²) in [6, 6.07) is 6.89. The van der Waals surface area contributed by atoms with E-state index in [-0.39, 0.29) is 11.3 Å². The molecule has 2 rings (SSSR count). The number of hydrogen-bond acceptors (Lipinski definition) is 2. The van der Waals surface area contributed by atoms with Crippen LogP contribution in [0.1, 0.15) is 15.9 Å². The minimum absolute atomic E-state index is 0.110. The van der Waals surface area contributed by atoms with Crippen molar-refractivity contribution in [1.29, 1.82) is 0 Å². The Bertz CT molecular complexity index is 669. The molecule has 3 N–H and O–H groups in total. The molecule has 1 amide bonds. The Morgan fingerprint density at radius 1 is 1.15 bits per heavy atom. The molecule has 2 aromatic carbocycles. The number of nitrogens with two attached hydrogens (primary N) is 1. The van der Waals surface area contributed by atoms with Gasteiger partial charge in [-0.2, -0.15) is 0 Å². The zero-order valence-corrected chi connectivity index (χ0v) is 12.1. The van der Waals surface area contributed by atoms with E-state index in [4.69, 9.17) is 5.73 Å². The summed E-state index contributed by atoms with van der Waals surface area (Å²) in [7, 11) is 0. The maximum atomic E-state index is 13.2. The summed E-state index contributed by atoms with van der Waals surface area (Å²) in [5.41, 5.74) is 6.77. The van der Waals surface area contributed by atoms with Crippen molar-refractivity contribution in [1.82, 2.24) is 0 Å². The van der Waals surface area contributed by atoms with Gasteiger partial charge in [-0.15, -0.1) is 0 Å². The van der Waals surface area contributed by atoms with E-state index in [9.17, 15) is 13.6 Å². The first-order valence-electron chi connectivity index (χ1n) is 5.70. The van der Waals surface area contributed by atoms with Gasteiger partial charge in [0.05, 0.1) is 5.56 Å². The van der Waals surface area contributed by atoms with Crippen LogP contribution in [0.15, 0.2) is 34.8 Å². The molecular formula is C14H11BrF2N2O. The normalized spacial score (nSPS) is 10.4. The molecule has 0 aliphatic rings. The number of amides is 1. The van der Waals surface area contributed by atoms with Gasteiger partial charge in [-0.25, -0.2) is 8.78 Å². The monoisotopic (exact) mass is 340 g/mol. The molecule has 0 aliphatic heterocycles. The summed E-state index contributed by atoms with van der Waals surface area (Å²) >= 11 is 3.31. The third-order valence-electron chi connectivity index (χ3n) is 2.64. The largest absolute Gasteiger partial charge is 0.398 e. The van der Waals surface area contributed by atoms with E-state index in [1.54, 1.807) is 12.1 Å². The molecule has 20 heavy (non-hydrogen) atoms. The average molecular weight is 341 g/mol. The van der Waals surface area contributed by atoms with Gasteiger partial charge in [-0.05, 0) is 36.8 Å². The summed E-state index contributed by atoms with van der Waals surface area (Å²) in [6.45, 7) is 1.87. The predicted molar refractivity (Wildman–Crippen MR) is 77.6 cm³/mol. The fraction of sp³-hybridized carbons (Fsp3) is 0.0714.